The zero-order valence-electron chi connectivity index (χ0n) is 12.4. The molecule has 1 amide bonds. The maximum Gasteiger partial charge on any atom is 0.244 e. The van der Waals surface area contributed by atoms with E-state index < -0.39 is 5.60 Å². The molecule has 1 aromatic rings. The van der Waals surface area contributed by atoms with Gasteiger partial charge in [-0.25, -0.2) is 0 Å². The van der Waals surface area contributed by atoms with E-state index in [1.807, 2.05) is 19.9 Å². The normalized spacial score (nSPS) is 18.0. The van der Waals surface area contributed by atoms with Crippen molar-refractivity contribution in [3.63, 3.8) is 0 Å². The number of amides is 1. The summed E-state index contributed by atoms with van der Waals surface area (Å²) in [4.78, 5) is 13.8. The molecule has 1 aliphatic rings. The maximum atomic E-state index is 12.2. The quantitative estimate of drug-likeness (QED) is 0.872. The van der Waals surface area contributed by atoms with Crippen LogP contribution in [0.1, 0.15) is 24.2 Å². The van der Waals surface area contributed by atoms with Crippen LogP contribution in [0, 0.1) is 13.8 Å². The van der Waals surface area contributed by atoms with Crippen molar-refractivity contribution in [3.05, 3.63) is 17.5 Å². The Morgan fingerprint density at radius 3 is 2.70 bits per heavy atom. The summed E-state index contributed by atoms with van der Waals surface area (Å²) >= 11 is 0. The molecule has 0 aromatic carbocycles. The number of aryl methyl sites for hydroxylation is 2. The first-order valence-electron chi connectivity index (χ1n) is 6.95. The number of hydrogen-bond acceptors (Lipinski definition) is 4. The van der Waals surface area contributed by atoms with Crippen LogP contribution < -0.4 is 0 Å². The molecule has 0 aliphatic carbocycles. The summed E-state index contributed by atoms with van der Waals surface area (Å²) in [5.41, 5.74) is 1.05. The first-order valence-corrected chi connectivity index (χ1v) is 6.95. The van der Waals surface area contributed by atoms with Crippen LogP contribution in [0.2, 0.25) is 0 Å². The predicted molar refractivity (Wildman–Crippen MR) is 74.3 cm³/mol. The van der Waals surface area contributed by atoms with Crippen LogP contribution in [0.15, 0.2) is 6.07 Å². The number of likely N-dealkylation sites (N-methyl/N-ethyl adjacent to an activating group) is 1. The van der Waals surface area contributed by atoms with Gasteiger partial charge in [0.25, 0.3) is 0 Å². The lowest BCUT2D eigenvalue weighted by Gasteiger charge is -2.35. The van der Waals surface area contributed by atoms with Crippen LogP contribution in [-0.2, 0) is 16.1 Å². The number of hydrogen-bond donors (Lipinski definition) is 1. The fraction of sp³-hybridized carbons (Fsp3) is 0.714. The molecule has 1 fully saturated rings. The molecule has 0 saturated carbocycles. The van der Waals surface area contributed by atoms with E-state index in [2.05, 4.69) is 5.10 Å². The van der Waals surface area contributed by atoms with E-state index in [1.165, 1.54) is 0 Å². The van der Waals surface area contributed by atoms with Gasteiger partial charge in [0.2, 0.25) is 5.91 Å². The number of aromatic nitrogens is 2. The minimum Gasteiger partial charge on any atom is -0.388 e. The Balaban J connectivity index is 1.93. The van der Waals surface area contributed by atoms with E-state index in [-0.39, 0.29) is 12.5 Å². The van der Waals surface area contributed by atoms with Gasteiger partial charge in [0.1, 0.15) is 6.54 Å². The summed E-state index contributed by atoms with van der Waals surface area (Å²) in [5.74, 6) is -0.0453. The monoisotopic (exact) mass is 281 g/mol. The Bertz CT molecular complexity index is 478. The molecule has 0 bridgehead atoms. The molecule has 6 nitrogen and oxygen atoms in total. The molecule has 1 aliphatic heterocycles. The molecule has 0 atom stereocenters. The van der Waals surface area contributed by atoms with Gasteiger partial charge >= 0.3 is 0 Å². The van der Waals surface area contributed by atoms with Crippen molar-refractivity contribution < 1.29 is 14.6 Å². The Hall–Kier alpha value is -1.40. The highest BCUT2D eigenvalue weighted by molar-refractivity contribution is 5.75. The summed E-state index contributed by atoms with van der Waals surface area (Å²) in [7, 11) is 1.72. The van der Waals surface area contributed by atoms with Crippen LogP contribution >= 0.6 is 0 Å². The van der Waals surface area contributed by atoms with Crippen molar-refractivity contribution in [2.24, 2.45) is 0 Å². The van der Waals surface area contributed by atoms with Crippen molar-refractivity contribution in [2.45, 2.75) is 38.8 Å². The van der Waals surface area contributed by atoms with Crippen LogP contribution in [-0.4, -0.2) is 58.1 Å². The van der Waals surface area contributed by atoms with Crippen molar-refractivity contribution in [2.75, 3.05) is 26.8 Å². The van der Waals surface area contributed by atoms with Gasteiger partial charge in [-0.15, -0.1) is 0 Å². The van der Waals surface area contributed by atoms with Crippen LogP contribution in [0.5, 0.6) is 0 Å². The van der Waals surface area contributed by atoms with Gasteiger partial charge in [-0.2, -0.15) is 5.10 Å². The van der Waals surface area contributed by atoms with Gasteiger partial charge < -0.3 is 14.7 Å². The summed E-state index contributed by atoms with van der Waals surface area (Å²) < 4.78 is 6.94. The van der Waals surface area contributed by atoms with E-state index >= 15 is 0 Å². The lowest BCUT2D eigenvalue weighted by Crippen LogP contribution is -2.48. The smallest absolute Gasteiger partial charge is 0.244 e. The van der Waals surface area contributed by atoms with Crippen molar-refractivity contribution >= 4 is 5.91 Å². The van der Waals surface area contributed by atoms with Crippen LogP contribution in [0.25, 0.3) is 0 Å². The lowest BCUT2D eigenvalue weighted by molar-refractivity contribution is -0.137. The average molecular weight is 281 g/mol. The van der Waals surface area contributed by atoms with Gasteiger partial charge in [0, 0.05) is 45.3 Å². The SMILES string of the molecule is Cc1cc(C)n(CC(=O)N(C)CC2(O)CCOCC2)n1. The van der Waals surface area contributed by atoms with E-state index in [1.54, 1.807) is 16.6 Å². The number of carbonyl (C=O) groups excluding carboxylic acids is 1. The molecule has 1 saturated heterocycles. The highest BCUT2D eigenvalue weighted by atomic mass is 16.5. The fourth-order valence-electron chi connectivity index (χ4n) is 2.52. The minimum atomic E-state index is -0.822. The molecule has 112 valence electrons. The van der Waals surface area contributed by atoms with Gasteiger partial charge in [-0.3, -0.25) is 9.48 Å². The number of rotatable bonds is 4. The Morgan fingerprint density at radius 1 is 1.50 bits per heavy atom. The summed E-state index contributed by atoms with van der Waals surface area (Å²) in [5, 5.41) is 14.7. The van der Waals surface area contributed by atoms with E-state index in [4.69, 9.17) is 4.74 Å². The molecule has 0 unspecified atom stereocenters. The first-order chi connectivity index (χ1) is 9.39. The standard InChI is InChI=1S/C14H23N3O3/c1-11-8-12(2)17(15-11)9-13(18)16(3)10-14(19)4-6-20-7-5-14/h8,19H,4-7,9-10H2,1-3H3. The number of aliphatic hydroxyl groups is 1. The first kappa shape index (κ1) is 15.0. The van der Waals surface area contributed by atoms with E-state index in [9.17, 15) is 9.90 Å². The highest BCUT2D eigenvalue weighted by Crippen LogP contribution is 2.21. The molecule has 0 radical (unpaired) electrons. The fourth-order valence-corrected chi connectivity index (χ4v) is 2.52. The van der Waals surface area contributed by atoms with E-state index in [0.717, 1.165) is 11.4 Å². The third-order valence-electron chi connectivity index (χ3n) is 3.77. The average Bonchev–Trinajstić information content (AvgIpc) is 2.68. The summed E-state index contributed by atoms with van der Waals surface area (Å²) in [6.07, 6.45) is 1.15. The molecular weight excluding hydrogens is 258 g/mol. The molecule has 6 heteroatoms. The maximum absolute atomic E-state index is 12.2. The topological polar surface area (TPSA) is 67.6 Å². The molecule has 2 heterocycles. The second-order valence-corrected chi connectivity index (χ2v) is 5.67. The molecule has 1 aromatic heterocycles. The Kier molecular flexibility index (Phi) is 4.45. The zero-order chi connectivity index (χ0) is 14.8. The van der Waals surface area contributed by atoms with E-state index in [0.29, 0.717) is 32.6 Å². The van der Waals surface area contributed by atoms with Gasteiger partial charge in [-0.05, 0) is 19.9 Å². The number of ether oxygens (including phenoxy) is 1. The molecule has 1 N–H and O–H groups in total. The lowest BCUT2D eigenvalue weighted by atomic mass is 9.94. The third kappa shape index (κ3) is 3.58. The van der Waals surface area contributed by atoms with Gasteiger partial charge in [-0.1, -0.05) is 0 Å². The van der Waals surface area contributed by atoms with Gasteiger partial charge in [0.05, 0.1) is 11.3 Å². The summed E-state index contributed by atoms with van der Waals surface area (Å²) in [6.45, 7) is 5.49. The van der Waals surface area contributed by atoms with Crippen molar-refractivity contribution in [1.82, 2.24) is 14.7 Å². The Morgan fingerprint density at radius 2 is 2.15 bits per heavy atom. The molecular formula is C14H23N3O3. The predicted octanol–water partition coefficient (Wildman–Crippen LogP) is 0.500. The second-order valence-electron chi connectivity index (χ2n) is 5.67. The van der Waals surface area contributed by atoms with Crippen LogP contribution in [0.3, 0.4) is 0 Å². The molecule has 0 spiro atoms. The molecule has 2 rings (SSSR count). The molecule has 20 heavy (non-hydrogen) atoms. The third-order valence-corrected chi connectivity index (χ3v) is 3.77. The second kappa shape index (κ2) is 5.93. The number of nitrogens with zero attached hydrogens (tertiary/aromatic N) is 3. The summed E-state index contributed by atoms with van der Waals surface area (Å²) in [6, 6.07) is 1.94. The zero-order valence-corrected chi connectivity index (χ0v) is 12.4. The van der Waals surface area contributed by atoms with Crippen molar-refractivity contribution in [1.29, 1.82) is 0 Å². The Labute approximate surface area is 119 Å². The largest absolute Gasteiger partial charge is 0.388 e. The van der Waals surface area contributed by atoms with Gasteiger partial charge in [0.15, 0.2) is 0 Å². The highest BCUT2D eigenvalue weighted by Gasteiger charge is 2.32. The van der Waals surface area contributed by atoms with Crippen molar-refractivity contribution in [3.8, 4) is 0 Å². The van der Waals surface area contributed by atoms with Crippen LogP contribution in [0.4, 0.5) is 0 Å². The number of carbonyl (C=O) groups is 1. The minimum absolute atomic E-state index is 0.0453.